The zero-order chi connectivity index (χ0) is 26.9. The second kappa shape index (κ2) is 12.4. The molecule has 0 saturated heterocycles. The molecule has 0 aromatic heterocycles. The van der Waals surface area contributed by atoms with Gasteiger partial charge in [-0.3, -0.25) is 19.7 Å². The van der Waals surface area contributed by atoms with E-state index >= 15 is 0 Å². The van der Waals surface area contributed by atoms with Crippen molar-refractivity contribution in [3.8, 4) is 17.6 Å². The lowest BCUT2D eigenvalue weighted by Gasteiger charge is -2.14. The van der Waals surface area contributed by atoms with E-state index in [1.54, 1.807) is 30.3 Å². The van der Waals surface area contributed by atoms with Gasteiger partial charge in [-0.15, -0.1) is 0 Å². The number of halogens is 2. The fourth-order valence-electron chi connectivity index (χ4n) is 3.06. The minimum atomic E-state index is -0.783. The number of non-ortho nitro benzene ring substituents is 1. The standard InChI is InChI=1S/C25H18Cl2N4O6/c1-36-22-11-15(9-16(13-28)25(33)29-17-5-4-6-18(12-17)31(34)35)10-20(27)24(22)37-14-23(32)30-21-8-3-2-7-19(21)26/h2-12H,14H2,1H3,(H,29,33)(H,30,32)/b16-9-. The van der Waals surface area contributed by atoms with Crippen molar-refractivity contribution < 1.29 is 24.0 Å². The first-order chi connectivity index (χ1) is 17.7. The SMILES string of the molecule is COc1cc(/C=C(/C#N)C(=O)Nc2cccc([N+](=O)[O-])c2)cc(Cl)c1OCC(=O)Nc1ccccc1Cl. The molecule has 0 aliphatic carbocycles. The number of nitrogens with zero attached hydrogens (tertiary/aromatic N) is 2. The molecule has 2 N–H and O–H groups in total. The van der Waals surface area contributed by atoms with Crippen LogP contribution in [0.25, 0.3) is 6.08 Å². The van der Waals surface area contributed by atoms with Gasteiger partial charge in [0.25, 0.3) is 17.5 Å². The Balaban J connectivity index is 1.75. The van der Waals surface area contributed by atoms with Crippen LogP contribution < -0.4 is 20.1 Å². The van der Waals surface area contributed by atoms with Crippen LogP contribution in [-0.4, -0.2) is 30.5 Å². The van der Waals surface area contributed by atoms with E-state index in [0.29, 0.717) is 16.3 Å². The first-order valence-electron chi connectivity index (χ1n) is 10.4. The lowest BCUT2D eigenvalue weighted by atomic mass is 10.1. The molecule has 0 radical (unpaired) electrons. The van der Waals surface area contributed by atoms with Crippen molar-refractivity contribution in [1.82, 2.24) is 0 Å². The van der Waals surface area contributed by atoms with Crippen molar-refractivity contribution >= 4 is 58.2 Å². The monoisotopic (exact) mass is 540 g/mol. The summed E-state index contributed by atoms with van der Waals surface area (Å²) < 4.78 is 10.8. The summed E-state index contributed by atoms with van der Waals surface area (Å²) >= 11 is 12.4. The Hall–Kier alpha value is -4.59. The van der Waals surface area contributed by atoms with Gasteiger partial charge < -0.3 is 20.1 Å². The summed E-state index contributed by atoms with van der Waals surface area (Å²) in [6.45, 7) is -0.397. The number of hydrogen-bond donors (Lipinski definition) is 2. The maximum Gasteiger partial charge on any atom is 0.271 e. The van der Waals surface area contributed by atoms with Gasteiger partial charge in [0.05, 0.1) is 27.8 Å². The Kier molecular flexibility index (Phi) is 9.05. The highest BCUT2D eigenvalue weighted by Gasteiger charge is 2.16. The number of hydrogen-bond acceptors (Lipinski definition) is 7. The third kappa shape index (κ3) is 7.20. The molecule has 12 heteroatoms. The highest BCUT2D eigenvalue weighted by molar-refractivity contribution is 6.33. The average molecular weight is 541 g/mol. The van der Waals surface area contributed by atoms with Crippen LogP contribution >= 0.6 is 23.2 Å². The fourth-order valence-corrected chi connectivity index (χ4v) is 3.52. The van der Waals surface area contributed by atoms with Crippen molar-refractivity contribution in [3.63, 3.8) is 0 Å². The molecule has 3 rings (SSSR count). The van der Waals surface area contributed by atoms with Crippen molar-refractivity contribution in [2.45, 2.75) is 0 Å². The molecule has 3 aromatic rings. The van der Waals surface area contributed by atoms with Gasteiger partial charge in [-0.05, 0) is 42.0 Å². The van der Waals surface area contributed by atoms with E-state index in [0.717, 1.165) is 0 Å². The predicted molar refractivity (Wildman–Crippen MR) is 139 cm³/mol. The Morgan fingerprint density at radius 2 is 1.84 bits per heavy atom. The lowest BCUT2D eigenvalue weighted by molar-refractivity contribution is -0.384. The van der Waals surface area contributed by atoms with Crippen molar-refractivity contribution in [2.75, 3.05) is 24.4 Å². The van der Waals surface area contributed by atoms with E-state index in [2.05, 4.69) is 10.6 Å². The summed E-state index contributed by atoms with van der Waals surface area (Å²) in [5, 5.41) is 25.9. The molecule has 0 aliphatic heterocycles. The minimum absolute atomic E-state index is 0.0625. The Bertz CT molecular complexity index is 1430. The van der Waals surface area contributed by atoms with Gasteiger partial charge in [0.15, 0.2) is 18.1 Å². The summed E-state index contributed by atoms with van der Waals surface area (Å²) in [5.74, 6) is -1.04. The Morgan fingerprint density at radius 3 is 2.51 bits per heavy atom. The number of benzene rings is 3. The number of amides is 2. The first kappa shape index (κ1) is 27.0. The highest BCUT2D eigenvalue weighted by Crippen LogP contribution is 2.37. The molecule has 0 unspecified atom stereocenters. The van der Waals surface area contributed by atoms with Crippen LogP contribution in [0.3, 0.4) is 0 Å². The molecule has 0 saturated carbocycles. The van der Waals surface area contributed by atoms with Crippen molar-refractivity contribution in [2.24, 2.45) is 0 Å². The zero-order valence-corrected chi connectivity index (χ0v) is 20.7. The van der Waals surface area contributed by atoms with Gasteiger partial charge >= 0.3 is 0 Å². The van der Waals surface area contributed by atoms with E-state index in [4.69, 9.17) is 32.7 Å². The molecule has 10 nitrogen and oxygen atoms in total. The summed E-state index contributed by atoms with van der Waals surface area (Å²) in [4.78, 5) is 35.2. The smallest absolute Gasteiger partial charge is 0.271 e. The van der Waals surface area contributed by atoms with E-state index < -0.39 is 23.3 Å². The maximum atomic E-state index is 12.6. The normalized spacial score (nSPS) is 10.7. The number of para-hydroxylation sites is 1. The molecular weight excluding hydrogens is 523 g/mol. The highest BCUT2D eigenvalue weighted by atomic mass is 35.5. The lowest BCUT2D eigenvalue weighted by Crippen LogP contribution is -2.20. The average Bonchev–Trinajstić information content (AvgIpc) is 2.87. The Morgan fingerprint density at radius 1 is 1.08 bits per heavy atom. The van der Waals surface area contributed by atoms with E-state index in [-0.39, 0.29) is 33.5 Å². The number of anilines is 2. The van der Waals surface area contributed by atoms with Gasteiger partial charge in [0, 0.05) is 17.8 Å². The van der Waals surface area contributed by atoms with Crippen LogP contribution in [0.5, 0.6) is 11.5 Å². The van der Waals surface area contributed by atoms with Crippen molar-refractivity contribution in [1.29, 1.82) is 5.26 Å². The van der Waals surface area contributed by atoms with Crippen LogP contribution in [0.1, 0.15) is 5.56 Å². The summed E-state index contributed by atoms with van der Waals surface area (Å²) in [6, 6.07) is 16.7. The molecule has 0 bridgehead atoms. The zero-order valence-electron chi connectivity index (χ0n) is 19.2. The van der Waals surface area contributed by atoms with Gasteiger partial charge in [-0.2, -0.15) is 5.26 Å². The topological polar surface area (TPSA) is 144 Å². The summed E-state index contributed by atoms with van der Waals surface area (Å²) in [6.07, 6.45) is 1.26. The fraction of sp³-hybridized carbons (Fsp3) is 0.0800. The molecule has 0 aliphatic rings. The third-order valence-electron chi connectivity index (χ3n) is 4.74. The van der Waals surface area contributed by atoms with Crippen LogP contribution in [0.15, 0.2) is 66.2 Å². The van der Waals surface area contributed by atoms with Crippen LogP contribution in [0, 0.1) is 21.4 Å². The molecule has 37 heavy (non-hydrogen) atoms. The number of nitro benzene ring substituents is 1. The quantitative estimate of drug-likeness (QED) is 0.158. The van der Waals surface area contributed by atoms with Crippen LogP contribution in [0.2, 0.25) is 10.0 Å². The number of carbonyl (C=O) groups excluding carboxylic acids is 2. The molecule has 0 fully saturated rings. The summed E-state index contributed by atoms with van der Waals surface area (Å²) in [5.41, 5.74) is 0.393. The maximum absolute atomic E-state index is 12.6. The summed E-state index contributed by atoms with van der Waals surface area (Å²) in [7, 11) is 1.36. The van der Waals surface area contributed by atoms with Crippen LogP contribution in [-0.2, 0) is 9.59 Å². The number of carbonyl (C=O) groups is 2. The third-order valence-corrected chi connectivity index (χ3v) is 5.35. The predicted octanol–water partition coefficient (Wildman–Crippen LogP) is 5.47. The molecular formula is C25H18Cl2N4O6. The van der Waals surface area contributed by atoms with Gasteiger partial charge in [0.1, 0.15) is 11.6 Å². The number of ether oxygens (including phenoxy) is 2. The van der Waals surface area contributed by atoms with E-state index in [1.807, 2.05) is 0 Å². The molecule has 3 aromatic carbocycles. The second-order valence-corrected chi connectivity index (χ2v) is 8.10. The number of rotatable bonds is 9. The molecule has 0 atom stereocenters. The Labute approximate surface area is 221 Å². The van der Waals surface area contributed by atoms with Crippen LogP contribution in [0.4, 0.5) is 17.1 Å². The van der Waals surface area contributed by atoms with E-state index in [9.17, 15) is 25.0 Å². The number of nitriles is 1. The largest absolute Gasteiger partial charge is 0.493 e. The molecule has 2 amide bonds. The number of methoxy groups -OCH3 is 1. The van der Waals surface area contributed by atoms with Crippen molar-refractivity contribution in [3.05, 3.63) is 92.0 Å². The molecule has 0 spiro atoms. The van der Waals surface area contributed by atoms with E-state index in [1.165, 1.54) is 49.6 Å². The number of nitrogens with one attached hydrogen (secondary N) is 2. The molecule has 0 heterocycles. The molecule has 188 valence electrons. The van der Waals surface area contributed by atoms with Gasteiger partial charge in [-0.1, -0.05) is 41.4 Å². The van der Waals surface area contributed by atoms with Gasteiger partial charge in [0.2, 0.25) is 0 Å². The minimum Gasteiger partial charge on any atom is -0.493 e. The first-order valence-corrected chi connectivity index (χ1v) is 11.2. The second-order valence-electron chi connectivity index (χ2n) is 7.28. The number of nitro groups is 1. The van der Waals surface area contributed by atoms with Gasteiger partial charge in [-0.25, -0.2) is 0 Å².